The van der Waals surface area contributed by atoms with Gasteiger partial charge in [0.25, 0.3) is 0 Å². The molecule has 0 unspecified atom stereocenters. The molecule has 9 aromatic carbocycles. The quantitative estimate of drug-likeness (QED) is 0.165. The van der Waals surface area contributed by atoms with Crippen LogP contribution in [0, 0.1) is 0 Å². The van der Waals surface area contributed by atoms with Crippen molar-refractivity contribution in [2.75, 3.05) is 9.71 Å². The van der Waals surface area contributed by atoms with Crippen molar-refractivity contribution in [1.29, 1.82) is 0 Å². The van der Waals surface area contributed by atoms with Crippen molar-refractivity contribution in [1.82, 2.24) is 0 Å². The summed E-state index contributed by atoms with van der Waals surface area (Å²) in [7, 11) is 0. The highest BCUT2D eigenvalue weighted by Crippen LogP contribution is 2.61. The molecule has 0 spiro atoms. The van der Waals surface area contributed by atoms with Crippen LogP contribution in [0.2, 0.25) is 0 Å². The number of benzene rings is 9. The predicted molar refractivity (Wildman–Crippen MR) is 272 cm³/mol. The molecule has 0 N–H and O–H groups in total. The zero-order chi connectivity index (χ0) is 43.4. The van der Waals surface area contributed by atoms with E-state index in [-0.39, 0.29) is 17.7 Å². The Morgan fingerprint density at radius 1 is 0.477 bits per heavy atom. The number of rotatable bonds is 3. The molecule has 4 heteroatoms. The molecule has 0 radical (unpaired) electrons. The van der Waals surface area contributed by atoms with Crippen molar-refractivity contribution in [3.63, 3.8) is 0 Å². The van der Waals surface area contributed by atoms with E-state index in [2.05, 4.69) is 225 Å². The maximum atomic E-state index is 6.78. The number of nitrogens with zero attached hydrogens (tertiary/aromatic N) is 2. The lowest BCUT2D eigenvalue weighted by Gasteiger charge is -2.52. The summed E-state index contributed by atoms with van der Waals surface area (Å²) in [5, 5.41) is 4.79. The average Bonchev–Trinajstić information content (AvgIpc) is 3.73. The van der Waals surface area contributed by atoms with E-state index in [1.165, 1.54) is 101 Å². The Bertz CT molecular complexity index is 3600. The van der Waals surface area contributed by atoms with Crippen LogP contribution >= 0.6 is 0 Å². The summed E-state index contributed by atoms with van der Waals surface area (Å²) in [6.07, 6.45) is 2.32. The molecule has 0 amide bonds. The van der Waals surface area contributed by atoms with E-state index < -0.39 is 5.41 Å². The van der Waals surface area contributed by atoms with E-state index in [4.69, 9.17) is 4.42 Å². The lowest BCUT2D eigenvalue weighted by atomic mass is 9.42. The third kappa shape index (κ3) is 4.77. The fourth-order valence-electron chi connectivity index (χ4n) is 12.9. The molecule has 0 saturated carbocycles. The Balaban J connectivity index is 1.18. The molecule has 1 aliphatic carbocycles. The van der Waals surface area contributed by atoms with E-state index in [0.29, 0.717) is 0 Å². The molecular weight excluding hydrogens is 787 g/mol. The lowest BCUT2D eigenvalue weighted by Crippen LogP contribution is -2.63. The smallest absolute Gasteiger partial charge is 0.333 e. The van der Waals surface area contributed by atoms with E-state index in [0.717, 1.165) is 28.4 Å². The van der Waals surface area contributed by atoms with Gasteiger partial charge in [-0.3, -0.25) is 0 Å². The Morgan fingerprint density at radius 3 is 1.92 bits per heavy atom. The standard InChI is InChI=1S/C61H47BN2O/c1-59(2)34-35-60(3,4)49-37-41(30-32-46(49)59)64-56-43(31-33-53-54(56)44-24-13-16-29-52(44)65-53)45-36-38-18-11-12-23-42(38)57-55(45)62(64)50-27-17-26-48-58(50)63(57)51-28-15-14-25-47(51)61(48,39-19-7-5-8-20-39)40-21-9-6-10-22-40/h5-33,36-37H,34-35H2,1-4H3. The molecule has 10 aromatic rings. The predicted octanol–water partition coefficient (Wildman–Crippen LogP) is 14.5. The van der Waals surface area contributed by atoms with Crippen LogP contribution in [0.25, 0.3) is 43.8 Å². The van der Waals surface area contributed by atoms with Crippen molar-refractivity contribution in [2.45, 2.75) is 56.8 Å². The number of furan rings is 1. The van der Waals surface area contributed by atoms with E-state index in [9.17, 15) is 0 Å². The zero-order valence-electron chi connectivity index (χ0n) is 37.2. The summed E-state index contributed by atoms with van der Waals surface area (Å²) >= 11 is 0. The first-order valence-electron chi connectivity index (χ1n) is 23.3. The summed E-state index contributed by atoms with van der Waals surface area (Å²) in [6, 6.07) is 71.1. The van der Waals surface area contributed by atoms with Crippen LogP contribution < -0.4 is 20.6 Å². The van der Waals surface area contributed by atoms with Gasteiger partial charge >= 0.3 is 6.85 Å². The van der Waals surface area contributed by atoms with Gasteiger partial charge in [-0.25, -0.2) is 0 Å². The molecule has 310 valence electrons. The SMILES string of the molecule is CC1(C)CCC(C)(C)c2cc(N3B4c5cccc6c5N(c5ccccc5C6(c5ccccc5)c5ccccc5)c5c4c(cc4ccccc54)-c4ccc5oc6ccccc6c5c43)ccc21. The lowest BCUT2D eigenvalue weighted by molar-refractivity contribution is 0.332. The highest BCUT2D eigenvalue weighted by molar-refractivity contribution is 6.94. The van der Waals surface area contributed by atoms with Crippen LogP contribution in [0.1, 0.15) is 73.9 Å². The Morgan fingerprint density at radius 2 is 1.14 bits per heavy atom. The van der Waals surface area contributed by atoms with Gasteiger partial charge in [-0.1, -0.05) is 173 Å². The minimum atomic E-state index is -0.598. The van der Waals surface area contributed by atoms with E-state index in [1.807, 2.05) is 0 Å². The monoisotopic (exact) mass is 834 g/mol. The van der Waals surface area contributed by atoms with Gasteiger partial charge in [0, 0.05) is 33.4 Å². The van der Waals surface area contributed by atoms with Gasteiger partial charge in [0.05, 0.1) is 22.2 Å². The fourth-order valence-corrected chi connectivity index (χ4v) is 12.9. The van der Waals surface area contributed by atoms with Crippen LogP contribution in [-0.2, 0) is 16.2 Å². The summed E-state index contributed by atoms with van der Waals surface area (Å²) < 4.78 is 6.78. The normalized spacial score (nSPS) is 16.8. The van der Waals surface area contributed by atoms with Crippen molar-refractivity contribution >= 4 is 78.9 Å². The number of fused-ring (bicyclic) bond motifs is 13. The molecule has 14 rings (SSSR count). The summed E-state index contributed by atoms with van der Waals surface area (Å²) in [4.78, 5) is 5.40. The molecule has 4 aliphatic rings. The van der Waals surface area contributed by atoms with E-state index in [1.54, 1.807) is 0 Å². The van der Waals surface area contributed by atoms with Gasteiger partial charge in [-0.2, -0.15) is 0 Å². The minimum absolute atomic E-state index is 0.0249. The van der Waals surface area contributed by atoms with Crippen LogP contribution in [-0.4, -0.2) is 6.85 Å². The Labute approximate surface area is 380 Å². The largest absolute Gasteiger partial charge is 0.456 e. The van der Waals surface area contributed by atoms with Gasteiger partial charge < -0.3 is 14.1 Å². The van der Waals surface area contributed by atoms with Crippen LogP contribution in [0.3, 0.4) is 0 Å². The minimum Gasteiger partial charge on any atom is -0.456 e. The van der Waals surface area contributed by atoms with Crippen molar-refractivity contribution in [3.8, 4) is 11.1 Å². The Kier molecular flexibility index (Phi) is 7.38. The van der Waals surface area contributed by atoms with Crippen molar-refractivity contribution in [3.05, 3.63) is 221 Å². The van der Waals surface area contributed by atoms with E-state index >= 15 is 0 Å². The van der Waals surface area contributed by atoms with Crippen LogP contribution in [0.4, 0.5) is 28.4 Å². The molecule has 0 saturated heterocycles. The van der Waals surface area contributed by atoms with Gasteiger partial charge in [0.2, 0.25) is 0 Å². The maximum Gasteiger partial charge on any atom is 0.333 e. The van der Waals surface area contributed by atoms with Crippen molar-refractivity contribution < 1.29 is 4.42 Å². The van der Waals surface area contributed by atoms with Gasteiger partial charge in [-0.15, -0.1) is 0 Å². The van der Waals surface area contributed by atoms with Gasteiger partial charge in [0.1, 0.15) is 11.2 Å². The first-order chi connectivity index (χ1) is 31.8. The number of hydrogen-bond acceptors (Lipinski definition) is 3. The highest BCUT2D eigenvalue weighted by Gasteiger charge is 2.54. The third-order valence-electron chi connectivity index (χ3n) is 15.9. The average molecular weight is 835 g/mol. The second-order valence-electron chi connectivity index (χ2n) is 20.2. The molecule has 4 heterocycles. The van der Waals surface area contributed by atoms with Gasteiger partial charge in [-0.05, 0) is 121 Å². The molecule has 1 aromatic heterocycles. The first kappa shape index (κ1) is 37.1. The number of para-hydroxylation sites is 3. The molecule has 0 atom stereocenters. The Hall–Kier alpha value is -7.30. The third-order valence-corrected chi connectivity index (χ3v) is 15.9. The molecule has 65 heavy (non-hydrogen) atoms. The molecular formula is C61H47BN2O. The summed E-state index contributed by atoms with van der Waals surface area (Å²) in [6.45, 7) is 9.59. The van der Waals surface area contributed by atoms with Crippen molar-refractivity contribution in [2.24, 2.45) is 0 Å². The van der Waals surface area contributed by atoms with Gasteiger partial charge in [0.15, 0.2) is 0 Å². The van der Waals surface area contributed by atoms with Crippen LogP contribution in [0.5, 0.6) is 0 Å². The first-order valence-corrected chi connectivity index (χ1v) is 23.3. The molecule has 3 aliphatic heterocycles. The topological polar surface area (TPSA) is 19.6 Å². The molecule has 0 fully saturated rings. The second kappa shape index (κ2) is 12.9. The fraction of sp³-hybridized carbons (Fsp3) is 0.148. The maximum absolute atomic E-state index is 6.78. The zero-order valence-corrected chi connectivity index (χ0v) is 37.2. The second-order valence-corrected chi connectivity index (χ2v) is 20.2. The molecule has 0 bridgehead atoms. The summed E-state index contributed by atoms with van der Waals surface area (Å²) in [5.74, 6) is 0. The number of anilines is 5. The number of hydrogen-bond donors (Lipinski definition) is 0. The highest BCUT2D eigenvalue weighted by atomic mass is 16.3. The summed E-state index contributed by atoms with van der Waals surface area (Å²) in [5.41, 5.74) is 20.6. The molecule has 3 nitrogen and oxygen atoms in total. The van der Waals surface area contributed by atoms with Crippen LogP contribution in [0.15, 0.2) is 192 Å².